The highest BCUT2D eigenvalue weighted by Gasteiger charge is 2.49. The number of carbonyl (C=O) groups is 2. The molecule has 0 saturated heterocycles. The van der Waals surface area contributed by atoms with E-state index in [1.54, 1.807) is 20.9 Å². The van der Waals surface area contributed by atoms with Gasteiger partial charge in [-0.3, -0.25) is 19.2 Å². The summed E-state index contributed by atoms with van der Waals surface area (Å²) >= 11 is 1.59. The molecule has 1 aliphatic carbocycles. The molecule has 0 unspecified atom stereocenters. The van der Waals surface area contributed by atoms with E-state index < -0.39 is 5.54 Å². The number of benzene rings is 1. The molecule has 3 heterocycles. The van der Waals surface area contributed by atoms with E-state index in [0.29, 0.717) is 12.2 Å². The molecule has 1 saturated carbocycles. The number of nitrogens with zero attached hydrogens (tertiary/aromatic N) is 3. The second-order valence-corrected chi connectivity index (χ2v) is 10.1. The highest BCUT2D eigenvalue weighted by atomic mass is 32.1. The van der Waals surface area contributed by atoms with Crippen molar-refractivity contribution in [2.75, 3.05) is 4.90 Å². The molecular formula is C25H28N4O2S. The van der Waals surface area contributed by atoms with Gasteiger partial charge in [0.1, 0.15) is 16.9 Å². The SMILES string of the molecule is Cc1ccc(N2C(=O)c3cc(-c4cccs4)nn3C[C@@]2(C)C(=O)NC2CCCCC2)cc1. The molecule has 166 valence electrons. The Morgan fingerprint density at radius 3 is 2.59 bits per heavy atom. The fourth-order valence-corrected chi connectivity index (χ4v) is 5.49. The molecule has 7 heteroatoms. The maximum atomic E-state index is 13.8. The smallest absolute Gasteiger partial charge is 0.277 e. The molecule has 1 aliphatic heterocycles. The molecule has 0 radical (unpaired) electrons. The molecule has 0 bridgehead atoms. The molecule has 2 aliphatic rings. The lowest BCUT2D eigenvalue weighted by Crippen LogP contribution is -2.65. The van der Waals surface area contributed by atoms with Crippen LogP contribution in [-0.2, 0) is 11.3 Å². The fraction of sp³-hybridized carbons (Fsp3) is 0.400. The maximum Gasteiger partial charge on any atom is 0.277 e. The van der Waals surface area contributed by atoms with Gasteiger partial charge in [0.2, 0.25) is 5.91 Å². The topological polar surface area (TPSA) is 67.2 Å². The molecule has 32 heavy (non-hydrogen) atoms. The van der Waals surface area contributed by atoms with Crippen molar-refractivity contribution in [3.05, 3.63) is 59.1 Å². The summed E-state index contributed by atoms with van der Waals surface area (Å²) < 4.78 is 1.71. The first-order valence-corrected chi connectivity index (χ1v) is 12.2. The average Bonchev–Trinajstić information content (AvgIpc) is 3.46. The molecule has 6 nitrogen and oxygen atoms in total. The van der Waals surface area contributed by atoms with E-state index in [1.807, 2.05) is 61.7 Å². The summed E-state index contributed by atoms with van der Waals surface area (Å²) in [5.74, 6) is -0.311. The van der Waals surface area contributed by atoms with Crippen LogP contribution in [0.25, 0.3) is 10.6 Å². The first-order valence-electron chi connectivity index (χ1n) is 11.3. The van der Waals surface area contributed by atoms with Gasteiger partial charge in [0.25, 0.3) is 5.91 Å². The van der Waals surface area contributed by atoms with Gasteiger partial charge in [-0.25, -0.2) is 0 Å². The average molecular weight is 449 g/mol. The number of rotatable bonds is 4. The monoisotopic (exact) mass is 448 g/mol. The zero-order valence-electron chi connectivity index (χ0n) is 18.5. The van der Waals surface area contributed by atoms with Crippen LogP contribution in [-0.4, -0.2) is 33.2 Å². The van der Waals surface area contributed by atoms with Crippen molar-refractivity contribution in [1.82, 2.24) is 15.1 Å². The number of anilines is 1. The molecule has 1 N–H and O–H groups in total. The van der Waals surface area contributed by atoms with Crippen LogP contribution in [0.4, 0.5) is 5.69 Å². The molecule has 1 atom stereocenters. The number of aromatic nitrogens is 2. The van der Waals surface area contributed by atoms with Crippen LogP contribution in [0.15, 0.2) is 47.8 Å². The van der Waals surface area contributed by atoms with Crippen molar-refractivity contribution >= 4 is 28.8 Å². The number of hydrogen-bond acceptors (Lipinski definition) is 4. The van der Waals surface area contributed by atoms with Gasteiger partial charge >= 0.3 is 0 Å². The third-order valence-corrected chi connectivity index (χ3v) is 7.54. The van der Waals surface area contributed by atoms with E-state index in [9.17, 15) is 9.59 Å². The van der Waals surface area contributed by atoms with Crippen molar-refractivity contribution in [3.8, 4) is 10.6 Å². The number of fused-ring (bicyclic) bond motifs is 1. The quantitative estimate of drug-likeness (QED) is 0.624. The number of carbonyl (C=O) groups excluding carboxylic acids is 2. The summed E-state index contributed by atoms with van der Waals surface area (Å²) in [4.78, 5) is 30.1. The molecule has 3 aromatic rings. The van der Waals surface area contributed by atoms with Crippen LogP contribution < -0.4 is 10.2 Å². The first-order chi connectivity index (χ1) is 15.5. The van der Waals surface area contributed by atoms with Gasteiger partial charge in [0, 0.05) is 11.7 Å². The fourth-order valence-electron chi connectivity index (χ4n) is 4.81. The Balaban J connectivity index is 1.55. The van der Waals surface area contributed by atoms with Gasteiger partial charge in [0.05, 0.1) is 11.4 Å². The minimum atomic E-state index is -1.07. The van der Waals surface area contributed by atoms with E-state index >= 15 is 0 Å². The number of nitrogens with one attached hydrogen (secondary N) is 1. The van der Waals surface area contributed by atoms with Crippen molar-refractivity contribution in [1.29, 1.82) is 0 Å². The molecule has 2 aromatic heterocycles. The standard InChI is InChI=1S/C25H28N4O2S/c1-17-10-12-19(13-11-17)29-23(30)21-15-20(22-9-6-14-32-22)27-28(21)16-25(29,2)24(31)26-18-7-4-3-5-8-18/h6,9-15,18H,3-5,7-8,16H2,1-2H3,(H,26,31)/t25-/m0/s1. The van der Waals surface area contributed by atoms with Crippen LogP contribution in [0.1, 0.15) is 55.1 Å². The lowest BCUT2D eigenvalue weighted by Gasteiger charge is -2.44. The Bertz CT molecular complexity index is 1130. The van der Waals surface area contributed by atoms with Crippen molar-refractivity contribution in [2.45, 2.75) is 64.1 Å². The van der Waals surface area contributed by atoms with Crippen molar-refractivity contribution in [3.63, 3.8) is 0 Å². The van der Waals surface area contributed by atoms with E-state index in [2.05, 4.69) is 5.32 Å². The zero-order valence-corrected chi connectivity index (χ0v) is 19.3. The molecule has 1 fully saturated rings. The molecule has 2 amide bonds. The van der Waals surface area contributed by atoms with Crippen LogP contribution in [0.3, 0.4) is 0 Å². The summed E-state index contributed by atoms with van der Waals surface area (Å²) in [6.07, 6.45) is 5.48. The summed E-state index contributed by atoms with van der Waals surface area (Å²) in [7, 11) is 0. The second kappa shape index (κ2) is 8.20. The molecule has 0 spiro atoms. The lowest BCUT2D eigenvalue weighted by atomic mass is 9.91. The number of thiophene rings is 1. The Morgan fingerprint density at radius 1 is 1.16 bits per heavy atom. The number of hydrogen-bond donors (Lipinski definition) is 1. The minimum Gasteiger partial charge on any atom is -0.351 e. The van der Waals surface area contributed by atoms with Gasteiger partial charge < -0.3 is 5.32 Å². The Kier molecular flexibility index (Phi) is 5.37. The Hall–Kier alpha value is -2.93. The van der Waals surface area contributed by atoms with Crippen molar-refractivity contribution in [2.24, 2.45) is 0 Å². The maximum absolute atomic E-state index is 13.8. The van der Waals surface area contributed by atoms with Gasteiger partial charge in [-0.2, -0.15) is 5.10 Å². The highest BCUT2D eigenvalue weighted by Crippen LogP contribution is 2.35. The number of aryl methyl sites for hydroxylation is 1. The molecule has 1 aromatic carbocycles. The van der Waals surface area contributed by atoms with E-state index in [-0.39, 0.29) is 17.9 Å². The zero-order chi connectivity index (χ0) is 22.3. The van der Waals surface area contributed by atoms with E-state index in [1.165, 1.54) is 6.42 Å². The van der Waals surface area contributed by atoms with Crippen LogP contribution in [0.5, 0.6) is 0 Å². The largest absolute Gasteiger partial charge is 0.351 e. The van der Waals surface area contributed by atoms with Gasteiger partial charge in [-0.1, -0.05) is 43.0 Å². The van der Waals surface area contributed by atoms with Gasteiger partial charge in [0.15, 0.2) is 0 Å². The van der Waals surface area contributed by atoms with Gasteiger partial charge in [-0.05, 0) is 56.3 Å². The van der Waals surface area contributed by atoms with E-state index in [0.717, 1.165) is 47.5 Å². The van der Waals surface area contributed by atoms with Crippen LogP contribution in [0.2, 0.25) is 0 Å². The Morgan fingerprint density at radius 2 is 1.91 bits per heavy atom. The minimum absolute atomic E-state index is 0.114. The second-order valence-electron chi connectivity index (χ2n) is 9.11. The number of amides is 2. The summed E-state index contributed by atoms with van der Waals surface area (Å²) in [6.45, 7) is 4.18. The third-order valence-electron chi connectivity index (χ3n) is 6.65. The van der Waals surface area contributed by atoms with Crippen molar-refractivity contribution < 1.29 is 9.59 Å². The van der Waals surface area contributed by atoms with Gasteiger partial charge in [-0.15, -0.1) is 11.3 Å². The first kappa shape index (κ1) is 20.9. The third kappa shape index (κ3) is 3.64. The predicted molar refractivity (Wildman–Crippen MR) is 127 cm³/mol. The van der Waals surface area contributed by atoms with Crippen LogP contribution >= 0.6 is 11.3 Å². The highest BCUT2D eigenvalue weighted by molar-refractivity contribution is 7.13. The normalized spacial score (nSPS) is 21.4. The molecular weight excluding hydrogens is 420 g/mol. The summed E-state index contributed by atoms with van der Waals surface area (Å²) in [5, 5.41) is 9.96. The summed E-state index contributed by atoms with van der Waals surface area (Å²) in [6, 6.07) is 13.8. The predicted octanol–water partition coefficient (Wildman–Crippen LogP) is 4.79. The van der Waals surface area contributed by atoms with E-state index in [4.69, 9.17) is 5.10 Å². The molecule has 5 rings (SSSR count). The Labute approximate surface area is 192 Å². The summed E-state index contributed by atoms with van der Waals surface area (Å²) in [5.41, 5.74) is 2.04. The van der Waals surface area contributed by atoms with Crippen LogP contribution in [0, 0.1) is 6.92 Å². The lowest BCUT2D eigenvalue weighted by molar-refractivity contribution is -0.127.